The van der Waals surface area contributed by atoms with Gasteiger partial charge in [0.2, 0.25) is 0 Å². The van der Waals surface area contributed by atoms with Gasteiger partial charge in [0.05, 0.1) is 0 Å². The summed E-state index contributed by atoms with van der Waals surface area (Å²) in [6.07, 6.45) is 1.75. The van der Waals surface area contributed by atoms with E-state index in [1.807, 2.05) is 6.92 Å². The largest absolute Gasteiger partial charge is 0.304 e. The van der Waals surface area contributed by atoms with Crippen LogP contribution in [0.4, 0.5) is 0 Å². The topological polar surface area (TPSA) is 13.0 Å². The number of piperazine rings is 2. The number of rotatable bonds is 2. The van der Waals surface area contributed by atoms with Crippen molar-refractivity contribution in [2.75, 3.05) is 66.5 Å². The van der Waals surface area contributed by atoms with E-state index in [-0.39, 0.29) is 0 Å². The Morgan fingerprint density at radius 1 is 0.652 bits per heavy atom. The molecule has 0 aromatic heterocycles. The third kappa shape index (κ3) is 10.9. The first kappa shape index (κ1) is 22.6. The Hall–Kier alpha value is -0.420. The molecule has 4 heteroatoms. The highest BCUT2D eigenvalue weighted by Gasteiger charge is 2.15. The normalized spacial score (nSPS) is 21.4. The Bertz CT molecular complexity index is 249. The quantitative estimate of drug-likeness (QED) is 0.723. The van der Waals surface area contributed by atoms with Crippen LogP contribution in [0.25, 0.3) is 0 Å². The van der Waals surface area contributed by atoms with Crippen molar-refractivity contribution in [3.8, 4) is 0 Å². The van der Waals surface area contributed by atoms with E-state index in [9.17, 15) is 0 Å². The van der Waals surface area contributed by atoms with Gasteiger partial charge in [-0.3, -0.25) is 9.80 Å². The van der Waals surface area contributed by atoms with Crippen LogP contribution in [-0.2, 0) is 0 Å². The Labute approximate surface area is 146 Å². The first-order chi connectivity index (χ1) is 10.8. The van der Waals surface area contributed by atoms with E-state index in [1.54, 1.807) is 6.08 Å². The fraction of sp³-hybridized carbons (Fsp3) is 0.895. The van der Waals surface area contributed by atoms with Crippen molar-refractivity contribution < 1.29 is 0 Å². The Kier molecular flexibility index (Phi) is 12.7. The molecule has 0 bridgehead atoms. The summed E-state index contributed by atoms with van der Waals surface area (Å²) in [7, 11) is 4.38. The molecule has 0 atom stereocenters. The smallest absolute Gasteiger partial charge is 0.0112 e. The molecule has 0 aromatic rings. The Balaban J connectivity index is 0.000000360. The summed E-state index contributed by atoms with van der Waals surface area (Å²) in [6.45, 7) is 24.2. The lowest BCUT2D eigenvalue weighted by molar-refractivity contribution is 0.126. The molecule has 2 aliphatic rings. The number of allylic oxidation sites excluding steroid dienone is 1. The number of likely N-dealkylation sites (N-methyl/N-ethyl adjacent to an activating group) is 2. The standard InChI is InChI=1S/2C8H18N2.C3H6/c2*1-8(2)10-6-4-9(3)5-7-10;1-3-2/h2*8H,4-7H2,1-3H3;3H,1H2,2H3. The average Bonchev–Trinajstić information content (AvgIpc) is 2.49. The van der Waals surface area contributed by atoms with Gasteiger partial charge in [-0.2, -0.15) is 0 Å². The van der Waals surface area contributed by atoms with Crippen LogP contribution in [0.1, 0.15) is 34.6 Å². The molecule has 0 radical (unpaired) electrons. The molecule has 0 unspecified atom stereocenters. The van der Waals surface area contributed by atoms with Gasteiger partial charge in [-0.1, -0.05) is 6.08 Å². The van der Waals surface area contributed by atoms with E-state index in [2.05, 4.69) is 68.0 Å². The highest BCUT2D eigenvalue weighted by Crippen LogP contribution is 2.03. The van der Waals surface area contributed by atoms with Crippen molar-refractivity contribution >= 4 is 0 Å². The van der Waals surface area contributed by atoms with Crippen LogP contribution in [0.15, 0.2) is 12.7 Å². The van der Waals surface area contributed by atoms with Crippen molar-refractivity contribution in [1.29, 1.82) is 0 Å². The predicted molar refractivity (Wildman–Crippen MR) is 104 cm³/mol. The van der Waals surface area contributed by atoms with Crippen LogP contribution in [0.5, 0.6) is 0 Å². The minimum Gasteiger partial charge on any atom is -0.304 e. The maximum Gasteiger partial charge on any atom is 0.0112 e. The van der Waals surface area contributed by atoms with Gasteiger partial charge in [0.25, 0.3) is 0 Å². The lowest BCUT2D eigenvalue weighted by atomic mass is 10.2. The molecule has 0 saturated carbocycles. The second kappa shape index (κ2) is 12.9. The van der Waals surface area contributed by atoms with Crippen molar-refractivity contribution in [2.24, 2.45) is 0 Å². The molecular weight excluding hydrogens is 284 g/mol. The number of hydrogen-bond donors (Lipinski definition) is 0. The molecule has 138 valence electrons. The predicted octanol–water partition coefficient (Wildman–Crippen LogP) is 2.48. The summed E-state index contributed by atoms with van der Waals surface area (Å²) < 4.78 is 0. The van der Waals surface area contributed by atoms with Gasteiger partial charge in [0, 0.05) is 64.4 Å². The highest BCUT2D eigenvalue weighted by atomic mass is 15.3. The molecule has 23 heavy (non-hydrogen) atoms. The molecule has 4 nitrogen and oxygen atoms in total. The zero-order chi connectivity index (χ0) is 17.8. The van der Waals surface area contributed by atoms with Gasteiger partial charge < -0.3 is 9.80 Å². The van der Waals surface area contributed by atoms with Gasteiger partial charge in [0.15, 0.2) is 0 Å². The van der Waals surface area contributed by atoms with Crippen molar-refractivity contribution in [2.45, 2.75) is 46.7 Å². The van der Waals surface area contributed by atoms with E-state index >= 15 is 0 Å². The minimum atomic E-state index is 0.730. The van der Waals surface area contributed by atoms with Gasteiger partial charge in [-0.05, 0) is 48.7 Å². The molecule has 0 aromatic carbocycles. The lowest BCUT2D eigenvalue weighted by Gasteiger charge is -2.34. The van der Waals surface area contributed by atoms with Crippen LogP contribution in [0, 0.1) is 0 Å². The fourth-order valence-corrected chi connectivity index (χ4v) is 2.68. The molecule has 0 N–H and O–H groups in total. The third-order valence-electron chi connectivity index (χ3n) is 4.54. The van der Waals surface area contributed by atoms with E-state index in [0.717, 1.165) is 12.1 Å². The molecule has 0 amide bonds. The Morgan fingerprint density at radius 2 is 0.870 bits per heavy atom. The zero-order valence-electron chi connectivity index (χ0n) is 16.9. The van der Waals surface area contributed by atoms with Crippen LogP contribution >= 0.6 is 0 Å². The van der Waals surface area contributed by atoms with E-state index < -0.39 is 0 Å². The first-order valence-electron chi connectivity index (χ1n) is 9.24. The van der Waals surface area contributed by atoms with Gasteiger partial charge in [0.1, 0.15) is 0 Å². The van der Waals surface area contributed by atoms with Crippen molar-refractivity contribution in [1.82, 2.24) is 19.6 Å². The zero-order valence-corrected chi connectivity index (χ0v) is 16.9. The number of hydrogen-bond acceptors (Lipinski definition) is 4. The van der Waals surface area contributed by atoms with Gasteiger partial charge in [-0.25, -0.2) is 0 Å². The van der Waals surface area contributed by atoms with Crippen LogP contribution in [0.3, 0.4) is 0 Å². The van der Waals surface area contributed by atoms with E-state index in [1.165, 1.54) is 52.4 Å². The summed E-state index contributed by atoms with van der Waals surface area (Å²) in [6, 6.07) is 1.46. The second-order valence-corrected chi connectivity index (χ2v) is 7.27. The van der Waals surface area contributed by atoms with Gasteiger partial charge >= 0.3 is 0 Å². The van der Waals surface area contributed by atoms with E-state index in [4.69, 9.17) is 0 Å². The molecule has 2 aliphatic heterocycles. The summed E-state index contributed by atoms with van der Waals surface area (Å²) >= 11 is 0. The fourth-order valence-electron chi connectivity index (χ4n) is 2.68. The monoisotopic (exact) mass is 326 g/mol. The SMILES string of the molecule is C=CC.CC(C)N1CCN(C)CC1.CC(C)N1CCN(C)CC1. The summed E-state index contributed by atoms with van der Waals surface area (Å²) in [5, 5.41) is 0. The van der Waals surface area contributed by atoms with Crippen molar-refractivity contribution in [3.63, 3.8) is 0 Å². The second-order valence-electron chi connectivity index (χ2n) is 7.27. The average molecular weight is 327 g/mol. The van der Waals surface area contributed by atoms with Crippen molar-refractivity contribution in [3.05, 3.63) is 12.7 Å². The molecule has 2 saturated heterocycles. The highest BCUT2D eigenvalue weighted by molar-refractivity contribution is 4.72. The van der Waals surface area contributed by atoms with Crippen LogP contribution in [0.2, 0.25) is 0 Å². The summed E-state index contributed by atoms with van der Waals surface area (Å²) in [5.41, 5.74) is 0. The summed E-state index contributed by atoms with van der Waals surface area (Å²) in [4.78, 5) is 9.83. The Morgan fingerprint density at radius 3 is 1.04 bits per heavy atom. The number of nitrogens with zero attached hydrogens (tertiary/aromatic N) is 4. The maximum absolute atomic E-state index is 3.36. The lowest BCUT2D eigenvalue weighted by Crippen LogP contribution is -2.47. The minimum absolute atomic E-state index is 0.730. The summed E-state index contributed by atoms with van der Waals surface area (Å²) in [5.74, 6) is 0. The molecule has 0 spiro atoms. The first-order valence-corrected chi connectivity index (χ1v) is 9.24. The van der Waals surface area contributed by atoms with E-state index in [0.29, 0.717) is 0 Å². The molecule has 0 aliphatic carbocycles. The maximum atomic E-state index is 3.36. The van der Waals surface area contributed by atoms with Crippen LogP contribution < -0.4 is 0 Å². The molecule has 2 fully saturated rings. The van der Waals surface area contributed by atoms with Crippen LogP contribution in [-0.4, -0.2) is 98.1 Å². The molecule has 2 rings (SSSR count). The third-order valence-corrected chi connectivity index (χ3v) is 4.54. The van der Waals surface area contributed by atoms with Gasteiger partial charge in [-0.15, -0.1) is 6.58 Å². The molecular formula is C19H42N4. The molecule has 2 heterocycles.